The Morgan fingerprint density at radius 1 is 0.531 bits per heavy atom. The Balaban J connectivity index is 2.48. The van der Waals surface area contributed by atoms with E-state index >= 15 is 0 Å². The third-order valence-electron chi connectivity index (χ3n) is 6.75. The normalized spacial score (nSPS) is 15.3. The van der Waals surface area contributed by atoms with E-state index in [1.165, 1.54) is 47.9 Å². The van der Waals surface area contributed by atoms with E-state index in [1.807, 2.05) is 0 Å². The number of unbranched alkanes of at least 4 members (excludes halogenated alkanes) is 2. The summed E-state index contributed by atoms with van der Waals surface area (Å²) in [6.45, 7) is 14.7. The van der Waals surface area contributed by atoms with Crippen LogP contribution < -0.4 is 0 Å². The van der Waals surface area contributed by atoms with Crippen molar-refractivity contribution in [1.82, 2.24) is 0 Å². The molecule has 0 amide bonds. The van der Waals surface area contributed by atoms with Crippen LogP contribution in [0.5, 0.6) is 0 Å². The summed E-state index contributed by atoms with van der Waals surface area (Å²) in [5.41, 5.74) is 3.97. The third-order valence-corrected chi connectivity index (χ3v) is 6.75. The number of benzene rings is 2. The van der Waals surface area contributed by atoms with Gasteiger partial charge in [-0.05, 0) is 74.6 Å². The van der Waals surface area contributed by atoms with Crippen molar-refractivity contribution in [3.8, 4) is 0 Å². The van der Waals surface area contributed by atoms with Crippen LogP contribution in [-0.4, -0.2) is 13.2 Å². The van der Waals surface area contributed by atoms with E-state index in [9.17, 15) is 0 Å². The van der Waals surface area contributed by atoms with Crippen LogP contribution in [0.4, 0.5) is 0 Å². The zero-order valence-electron chi connectivity index (χ0n) is 21.5. The molecule has 0 aromatic heterocycles. The minimum absolute atomic E-state index is 0.591. The Morgan fingerprint density at radius 2 is 0.875 bits per heavy atom. The van der Waals surface area contributed by atoms with E-state index < -0.39 is 11.2 Å². The standard InChI is InChI=1S/C30H46O2/c1-7-11-13-25-15-19-27(20-16-25)29(5,31-23-9-3)30(6,32-24-10-4)28-21-17-26(18-22-28)14-12-8-2/h15-22H,7-14,23-24H2,1-6H3. The summed E-state index contributed by atoms with van der Waals surface area (Å²) in [5, 5.41) is 0. The molecule has 2 atom stereocenters. The van der Waals surface area contributed by atoms with Gasteiger partial charge in [0.05, 0.1) is 0 Å². The van der Waals surface area contributed by atoms with E-state index in [0.717, 1.165) is 25.7 Å². The highest BCUT2D eigenvalue weighted by Gasteiger charge is 2.49. The van der Waals surface area contributed by atoms with Crippen LogP contribution in [0.3, 0.4) is 0 Å². The van der Waals surface area contributed by atoms with E-state index in [-0.39, 0.29) is 0 Å². The Kier molecular flexibility index (Phi) is 10.9. The second kappa shape index (κ2) is 13.2. The van der Waals surface area contributed by atoms with Crippen LogP contribution in [0.25, 0.3) is 0 Å². The second-order valence-corrected chi connectivity index (χ2v) is 9.36. The molecule has 2 heteroatoms. The van der Waals surface area contributed by atoms with Gasteiger partial charge in [-0.25, -0.2) is 0 Å². The predicted molar refractivity (Wildman–Crippen MR) is 137 cm³/mol. The Labute approximate surface area is 197 Å². The molecule has 2 nitrogen and oxygen atoms in total. The maximum Gasteiger partial charge on any atom is 0.123 e. The van der Waals surface area contributed by atoms with Gasteiger partial charge in [-0.15, -0.1) is 0 Å². The lowest BCUT2D eigenvalue weighted by Gasteiger charge is -2.47. The second-order valence-electron chi connectivity index (χ2n) is 9.36. The van der Waals surface area contributed by atoms with Gasteiger partial charge in [0.25, 0.3) is 0 Å². The van der Waals surface area contributed by atoms with E-state index in [1.54, 1.807) is 0 Å². The van der Waals surface area contributed by atoms with Crippen LogP contribution in [0.1, 0.15) is 102 Å². The number of ether oxygens (including phenoxy) is 2. The fourth-order valence-electron chi connectivity index (χ4n) is 4.35. The summed E-state index contributed by atoms with van der Waals surface area (Å²) in [6.07, 6.45) is 9.11. The molecular formula is C30H46O2. The molecule has 2 aromatic carbocycles. The number of rotatable bonds is 15. The molecule has 0 saturated carbocycles. The monoisotopic (exact) mass is 438 g/mol. The first-order valence-electron chi connectivity index (χ1n) is 12.9. The van der Waals surface area contributed by atoms with Crippen molar-refractivity contribution in [3.63, 3.8) is 0 Å². The number of hydrogen-bond acceptors (Lipinski definition) is 2. The first-order chi connectivity index (χ1) is 15.4. The maximum absolute atomic E-state index is 6.67. The first kappa shape index (κ1) is 26.6. The molecule has 0 saturated heterocycles. The maximum atomic E-state index is 6.67. The van der Waals surface area contributed by atoms with Crippen LogP contribution in [0.15, 0.2) is 48.5 Å². The molecule has 0 radical (unpaired) electrons. The summed E-state index contributed by atoms with van der Waals surface area (Å²) >= 11 is 0. The average molecular weight is 439 g/mol. The predicted octanol–water partition coefficient (Wildman–Crippen LogP) is 8.36. The molecule has 0 aliphatic rings. The van der Waals surface area contributed by atoms with Crippen molar-refractivity contribution in [3.05, 3.63) is 70.8 Å². The molecule has 0 bridgehead atoms. The van der Waals surface area contributed by atoms with Gasteiger partial charge in [0.15, 0.2) is 0 Å². The molecule has 0 spiro atoms. The zero-order chi connectivity index (χ0) is 23.5. The van der Waals surface area contributed by atoms with Crippen molar-refractivity contribution in [2.24, 2.45) is 0 Å². The molecule has 2 aromatic rings. The highest BCUT2D eigenvalue weighted by atomic mass is 16.6. The largest absolute Gasteiger partial charge is 0.367 e. The highest BCUT2D eigenvalue weighted by Crippen LogP contribution is 2.46. The van der Waals surface area contributed by atoms with Crippen molar-refractivity contribution >= 4 is 0 Å². The van der Waals surface area contributed by atoms with Gasteiger partial charge in [0.1, 0.15) is 11.2 Å². The Hall–Kier alpha value is -1.64. The fraction of sp³-hybridized carbons (Fsp3) is 0.600. The molecule has 2 unspecified atom stereocenters. The quantitative estimate of drug-likeness (QED) is 0.278. The van der Waals surface area contributed by atoms with Gasteiger partial charge in [0, 0.05) is 13.2 Å². The van der Waals surface area contributed by atoms with Crippen LogP contribution >= 0.6 is 0 Å². The molecule has 178 valence electrons. The average Bonchev–Trinajstić information content (AvgIpc) is 2.83. The minimum Gasteiger partial charge on any atom is -0.367 e. The summed E-state index contributed by atoms with van der Waals surface area (Å²) in [5.74, 6) is 0. The zero-order valence-corrected chi connectivity index (χ0v) is 21.5. The lowest BCUT2D eigenvalue weighted by molar-refractivity contribution is -0.207. The van der Waals surface area contributed by atoms with Gasteiger partial charge >= 0.3 is 0 Å². The van der Waals surface area contributed by atoms with Crippen molar-refractivity contribution in [2.45, 2.75) is 104 Å². The van der Waals surface area contributed by atoms with Gasteiger partial charge in [-0.1, -0.05) is 89.1 Å². The molecular weight excluding hydrogens is 392 g/mol. The molecule has 0 aliphatic carbocycles. The smallest absolute Gasteiger partial charge is 0.123 e. The van der Waals surface area contributed by atoms with Crippen molar-refractivity contribution in [2.75, 3.05) is 13.2 Å². The van der Waals surface area contributed by atoms with Gasteiger partial charge in [0.2, 0.25) is 0 Å². The van der Waals surface area contributed by atoms with Crippen LogP contribution in [0, 0.1) is 0 Å². The summed E-state index contributed by atoms with van der Waals surface area (Å²) < 4.78 is 13.3. The SMILES string of the molecule is CCCCc1ccc(C(C)(OCCC)C(C)(OCCC)c2ccc(CCCC)cc2)cc1. The number of hydrogen-bond donors (Lipinski definition) is 0. The number of aryl methyl sites for hydroxylation is 2. The molecule has 0 fully saturated rings. The molecule has 0 N–H and O–H groups in total. The lowest BCUT2D eigenvalue weighted by atomic mass is 9.74. The molecule has 32 heavy (non-hydrogen) atoms. The summed E-state index contributed by atoms with van der Waals surface area (Å²) in [6, 6.07) is 18.1. The Morgan fingerprint density at radius 3 is 1.16 bits per heavy atom. The Bertz CT molecular complexity index is 697. The summed E-state index contributed by atoms with van der Waals surface area (Å²) in [7, 11) is 0. The van der Waals surface area contributed by atoms with Crippen molar-refractivity contribution in [1.29, 1.82) is 0 Å². The van der Waals surface area contributed by atoms with Crippen LogP contribution in [-0.2, 0) is 33.5 Å². The molecule has 2 rings (SSSR count). The summed E-state index contributed by atoms with van der Waals surface area (Å²) in [4.78, 5) is 0. The lowest BCUT2D eigenvalue weighted by Crippen LogP contribution is -2.49. The molecule has 0 aliphatic heterocycles. The molecule has 0 heterocycles. The minimum atomic E-state index is -0.591. The topological polar surface area (TPSA) is 18.5 Å². The highest BCUT2D eigenvalue weighted by molar-refractivity contribution is 5.36. The van der Waals surface area contributed by atoms with Crippen LogP contribution in [0.2, 0.25) is 0 Å². The van der Waals surface area contributed by atoms with E-state index in [4.69, 9.17) is 9.47 Å². The fourth-order valence-corrected chi connectivity index (χ4v) is 4.35. The van der Waals surface area contributed by atoms with E-state index in [2.05, 4.69) is 90.1 Å². The third kappa shape index (κ3) is 6.45. The van der Waals surface area contributed by atoms with Crippen molar-refractivity contribution < 1.29 is 9.47 Å². The van der Waals surface area contributed by atoms with E-state index in [0.29, 0.717) is 13.2 Å². The first-order valence-corrected chi connectivity index (χ1v) is 12.9. The van der Waals surface area contributed by atoms with Gasteiger partial charge in [-0.3, -0.25) is 0 Å². The van der Waals surface area contributed by atoms with Gasteiger partial charge < -0.3 is 9.47 Å². The van der Waals surface area contributed by atoms with Gasteiger partial charge in [-0.2, -0.15) is 0 Å².